The van der Waals surface area contributed by atoms with Crippen molar-refractivity contribution in [2.45, 2.75) is 59.0 Å². The SMILES string of the molecule is CCc1nn(C)c(CC2(CN)CCCC(C)(C)C2O)c1Cl. The Kier molecular flexibility index (Phi) is 4.72. The minimum absolute atomic E-state index is 0.101. The van der Waals surface area contributed by atoms with Gasteiger partial charge in [-0.15, -0.1) is 0 Å². The van der Waals surface area contributed by atoms with Crippen LogP contribution in [0.2, 0.25) is 5.02 Å². The fourth-order valence-corrected chi connectivity index (χ4v) is 4.18. The highest BCUT2D eigenvalue weighted by Crippen LogP contribution is 2.48. The lowest BCUT2D eigenvalue weighted by Gasteiger charge is -2.49. The molecule has 21 heavy (non-hydrogen) atoms. The number of hydrogen-bond acceptors (Lipinski definition) is 3. The first-order valence-electron chi connectivity index (χ1n) is 7.86. The Bertz CT molecular complexity index is 512. The highest BCUT2D eigenvalue weighted by Gasteiger charge is 2.48. The Morgan fingerprint density at radius 2 is 2.10 bits per heavy atom. The molecule has 0 aliphatic heterocycles. The third-order valence-electron chi connectivity index (χ3n) is 5.25. The summed E-state index contributed by atoms with van der Waals surface area (Å²) in [4.78, 5) is 0. The normalized spacial score (nSPS) is 28.8. The highest BCUT2D eigenvalue weighted by molar-refractivity contribution is 6.31. The number of nitrogens with zero attached hydrogens (tertiary/aromatic N) is 2. The summed E-state index contributed by atoms with van der Waals surface area (Å²) >= 11 is 6.48. The molecule has 1 aliphatic rings. The first kappa shape index (κ1) is 16.8. The van der Waals surface area contributed by atoms with Crippen LogP contribution in [-0.4, -0.2) is 27.5 Å². The number of hydrogen-bond donors (Lipinski definition) is 2. The second-order valence-electron chi connectivity index (χ2n) is 7.17. The molecule has 0 amide bonds. The summed E-state index contributed by atoms with van der Waals surface area (Å²) < 4.78 is 1.85. The van der Waals surface area contributed by atoms with Crippen molar-refractivity contribution in [3.63, 3.8) is 0 Å². The number of nitrogens with two attached hydrogens (primary N) is 1. The predicted octanol–water partition coefficient (Wildman–Crippen LogP) is 2.69. The van der Waals surface area contributed by atoms with Gasteiger partial charge in [-0.1, -0.05) is 38.8 Å². The van der Waals surface area contributed by atoms with Crippen LogP contribution in [-0.2, 0) is 19.9 Å². The smallest absolute Gasteiger partial charge is 0.0849 e. The van der Waals surface area contributed by atoms with Crippen LogP contribution < -0.4 is 5.73 Å². The van der Waals surface area contributed by atoms with Crippen molar-refractivity contribution < 1.29 is 5.11 Å². The molecule has 1 fully saturated rings. The van der Waals surface area contributed by atoms with Gasteiger partial charge in [0.05, 0.1) is 22.5 Å². The van der Waals surface area contributed by atoms with E-state index in [0.29, 0.717) is 13.0 Å². The van der Waals surface area contributed by atoms with Gasteiger partial charge in [0.25, 0.3) is 0 Å². The molecule has 120 valence electrons. The van der Waals surface area contributed by atoms with E-state index in [9.17, 15) is 5.11 Å². The quantitative estimate of drug-likeness (QED) is 0.898. The zero-order chi connectivity index (χ0) is 15.8. The van der Waals surface area contributed by atoms with Gasteiger partial charge in [0.15, 0.2) is 0 Å². The van der Waals surface area contributed by atoms with E-state index in [1.165, 1.54) is 0 Å². The van der Waals surface area contributed by atoms with Gasteiger partial charge in [0.1, 0.15) is 0 Å². The molecule has 5 heteroatoms. The van der Waals surface area contributed by atoms with E-state index in [-0.39, 0.29) is 10.8 Å². The highest BCUT2D eigenvalue weighted by atomic mass is 35.5. The van der Waals surface area contributed by atoms with Gasteiger partial charge in [-0.05, 0) is 24.7 Å². The number of aliphatic hydroxyl groups excluding tert-OH is 1. The van der Waals surface area contributed by atoms with E-state index in [4.69, 9.17) is 17.3 Å². The van der Waals surface area contributed by atoms with Gasteiger partial charge < -0.3 is 10.8 Å². The largest absolute Gasteiger partial charge is 0.392 e. The summed E-state index contributed by atoms with van der Waals surface area (Å²) in [5.74, 6) is 0. The molecule has 1 aliphatic carbocycles. The van der Waals surface area contributed by atoms with Gasteiger partial charge in [0, 0.05) is 25.4 Å². The molecular weight excluding hydrogens is 286 g/mol. The van der Waals surface area contributed by atoms with Crippen molar-refractivity contribution in [1.29, 1.82) is 0 Å². The van der Waals surface area contributed by atoms with Gasteiger partial charge in [0.2, 0.25) is 0 Å². The molecule has 1 saturated carbocycles. The number of rotatable bonds is 4. The van der Waals surface area contributed by atoms with Gasteiger partial charge in [-0.25, -0.2) is 0 Å². The van der Waals surface area contributed by atoms with E-state index in [1.54, 1.807) is 0 Å². The maximum absolute atomic E-state index is 10.9. The Balaban J connectivity index is 2.37. The van der Waals surface area contributed by atoms with Crippen molar-refractivity contribution in [3.8, 4) is 0 Å². The molecule has 3 N–H and O–H groups in total. The Labute approximate surface area is 132 Å². The van der Waals surface area contributed by atoms with Crippen molar-refractivity contribution in [3.05, 3.63) is 16.4 Å². The molecule has 0 radical (unpaired) electrons. The number of aromatic nitrogens is 2. The van der Waals surface area contributed by atoms with E-state index in [1.807, 2.05) is 11.7 Å². The summed E-state index contributed by atoms with van der Waals surface area (Å²) in [6, 6.07) is 0. The van der Waals surface area contributed by atoms with Crippen LogP contribution in [0.1, 0.15) is 51.4 Å². The van der Waals surface area contributed by atoms with Crippen LogP contribution in [0.5, 0.6) is 0 Å². The topological polar surface area (TPSA) is 64.1 Å². The zero-order valence-electron chi connectivity index (χ0n) is 13.6. The molecule has 0 saturated heterocycles. The van der Waals surface area contributed by atoms with Crippen LogP contribution in [0.25, 0.3) is 0 Å². The van der Waals surface area contributed by atoms with Crippen LogP contribution >= 0.6 is 11.6 Å². The van der Waals surface area contributed by atoms with Gasteiger partial charge in [-0.2, -0.15) is 5.10 Å². The number of aliphatic hydroxyl groups is 1. The van der Waals surface area contributed by atoms with Crippen molar-refractivity contribution in [2.24, 2.45) is 23.6 Å². The summed E-state index contributed by atoms with van der Waals surface area (Å²) in [6.07, 6.45) is 4.16. The third kappa shape index (κ3) is 2.86. The van der Waals surface area contributed by atoms with E-state index >= 15 is 0 Å². The van der Waals surface area contributed by atoms with E-state index < -0.39 is 6.10 Å². The number of aryl methyl sites for hydroxylation is 2. The first-order chi connectivity index (χ1) is 9.77. The fraction of sp³-hybridized carbons (Fsp3) is 0.812. The Hall–Kier alpha value is -0.580. The minimum Gasteiger partial charge on any atom is -0.392 e. The molecule has 1 heterocycles. The number of halogens is 1. The second kappa shape index (κ2) is 5.90. The summed E-state index contributed by atoms with van der Waals surface area (Å²) in [7, 11) is 1.92. The maximum Gasteiger partial charge on any atom is 0.0849 e. The molecule has 0 spiro atoms. The second-order valence-corrected chi connectivity index (χ2v) is 7.55. The summed E-state index contributed by atoms with van der Waals surface area (Å²) in [5.41, 5.74) is 7.62. The monoisotopic (exact) mass is 313 g/mol. The predicted molar refractivity (Wildman–Crippen MR) is 86.4 cm³/mol. The molecule has 2 unspecified atom stereocenters. The van der Waals surface area contributed by atoms with Crippen molar-refractivity contribution >= 4 is 11.6 Å². The van der Waals surface area contributed by atoms with Gasteiger partial charge >= 0.3 is 0 Å². The molecule has 4 nitrogen and oxygen atoms in total. The van der Waals surface area contributed by atoms with Crippen LogP contribution in [0.15, 0.2) is 0 Å². The lowest BCUT2D eigenvalue weighted by molar-refractivity contribution is -0.0891. The van der Waals surface area contributed by atoms with Crippen LogP contribution in [0.4, 0.5) is 0 Å². The van der Waals surface area contributed by atoms with Gasteiger partial charge in [-0.3, -0.25) is 4.68 Å². The first-order valence-corrected chi connectivity index (χ1v) is 8.23. The molecule has 0 aromatic carbocycles. The molecule has 1 aromatic heterocycles. The molecule has 0 bridgehead atoms. The maximum atomic E-state index is 10.9. The molecular formula is C16H28ClN3O. The lowest BCUT2D eigenvalue weighted by Crippen LogP contribution is -2.53. The average Bonchev–Trinajstić information content (AvgIpc) is 2.71. The third-order valence-corrected chi connectivity index (χ3v) is 5.68. The summed E-state index contributed by atoms with van der Waals surface area (Å²) in [6.45, 7) is 6.78. The average molecular weight is 314 g/mol. The minimum atomic E-state index is -0.417. The molecule has 2 rings (SSSR count). The standard InChI is InChI=1S/C16H28ClN3O/c1-5-11-13(17)12(20(4)19-11)9-16(10-18)8-6-7-15(2,3)14(16)21/h14,21H,5-10,18H2,1-4H3. The van der Waals surface area contributed by atoms with Crippen LogP contribution in [0, 0.1) is 10.8 Å². The molecule has 2 atom stereocenters. The zero-order valence-corrected chi connectivity index (χ0v) is 14.4. The van der Waals surface area contributed by atoms with Crippen molar-refractivity contribution in [1.82, 2.24) is 9.78 Å². The summed E-state index contributed by atoms with van der Waals surface area (Å²) in [5, 5.41) is 16.1. The van der Waals surface area contributed by atoms with E-state index in [0.717, 1.165) is 42.1 Å². The van der Waals surface area contributed by atoms with E-state index in [2.05, 4.69) is 25.9 Å². The van der Waals surface area contributed by atoms with Crippen molar-refractivity contribution in [2.75, 3.05) is 6.54 Å². The Morgan fingerprint density at radius 1 is 1.43 bits per heavy atom. The molecule has 1 aromatic rings. The Morgan fingerprint density at radius 3 is 2.62 bits per heavy atom. The lowest BCUT2D eigenvalue weighted by atomic mass is 9.59. The van der Waals surface area contributed by atoms with Crippen LogP contribution in [0.3, 0.4) is 0 Å². The fourth-order valence-electron chi connectivity index (χ4n) is 3.81.